The molecule has 3 aromatic rings. The molecule has 180 valence electrons. The molecule has 0 atom stereocenters. The quantitative estimate of drug-likeness (QED) is 0.542. The van der Waals surface area contributed by atoms with E-state index < -0.39 is 0 Å². The third-order valence-corrected chi connectivity index (χ3v) is 5.53. The van der Waals surface area contributed by atoms with Gasteiger partial charge in [0, 0.05) is 43.2 Å². The van der Waals surface area contributed by atoms with Crippen molar-refractivity contribution in [1.82, 2.24) is 20.4 Å². The van der Waals surface area contributed by atoms with Crippen LogP contribution < -0.4 is 24.5 Å². The lowest BCUT2D eigenvalue weighted by Crippen LogP contribution is -2.53. The van der Waals surface area contributed by atoms with E-state index in [1.807, 2.05) is 50.0 Å². The third kappa shape index (κ3) is 5.31. The van der Waals surface area contributed by atoms with E-state index in [2.05, 4.69) is 20.3 Å². The van der Waals surface area contributed by atoms with Gasteiger partial charge in [0.2, 0.25) is 0 Å². The largest absolute Gasteiger partial charge is 0.493 e. The normalized spacial score (nSPS) is 14.3. The molecule has 1 amide bonds. The predicted molar refractivity (Wildman–Crippen MR) is 131 cm³/mol. The molecular formula is C25H31N5O4. The fraction of sp³-hybridized carbons (Fsp3) is 0.400. The second-order valence-corrected chi connectivity index (χ2v) is 8.26. The molecule has 0 bridgehead atoms. The Labute approximate surface area is 199 Å². The predicted octanol–water partition coefficient (Wildman–Crippen LogP) is 3.29. The molecular weight excluding hydrogens is 434 g/mol. The molecule has 1 saturated heterocycles. The van der Waals surface area contributed by atoms with Crippen LogP contribution in [-0.4, -0.2) is 66.9 Å². The Hall–Kier alpha value is -3.59. The molecule has 1 aromatic heterocycles. The summed E-state index contributed by atoms with van der Waals surface area (Å²) in [6.07, 6.45) is 1.66. The van der Waals surface area contributed by atoms with Crippen LogP contribution in [0.15, 0.2) is 42.7 Å². The van der Waals surface area contributed by atoms with Crippen LogP contribution in [0.25, 0.3) is 10.9 Å². The van der Waals surface area contributed by atoms with Crippen LogP contribution >= 0.6 is 0 Å². The summed E-state index contributed by atoms with van der Waals surface area (Å²) in [7, 11) is 1.62. The van der Waals surface area contributed by atoms with Crippen LogP contribution in [0.2, 0.25) is 0 Å². The Morgan fingerprint density at radius 1 is 1.06 bits per heavy atom. The first kappa shape index (κ1) is 23.6. The summed E-state index contributed by atoms with van der Waals surface area (Å²) < 4.78 is 16.8. The minimum Gasteiger partial charge on any atom is -0.493 e. The number of hydrogen-bond acceptors (Lipinski definition) is 8. The van der Waals surface area contributed by atoms with Gasteiger partial charge in [0.05, 0.1) is 25.3 Å². The van der Waals surface area contributed by atoms with Gasteiger partial charge in [0.25, 0.3) is 5.91 Å². The average Bonchev–Trinajstić information content (AvgIpc) is 2.84. The average molecular weight is 466 g/mol. The molecule has 4 rings (SSSR count). The van der Waals surface area contributed by atoms with Crippen molar-refractivity contribution in [3.05, 3.63) is 48.3 Å². The highest BCUT2D eigenvalue weighted by atomic mass is 16.5. The third-order valence-electron chi connectivity index (χ3n) is 5.53. The molecule has 1 aliphatic heterocycles. The Morgan fingerprint density at radius 2 is 1.79 bits per heavy atom. The van der Waals surface area contributed by atoms with Gasteiger partial charge in [-0.2, -0.15) is 0 Å². The number of rotatable bonds is 8. The standard InChI is InChI=1S/C25H31N5O4/c1-5-33-23-15-21-20(14-22(23)32-4)24(27-16-26-21)29-10-12-30(13-11-29)28-25(31)18-6-8-19(9-7-18)34-17(2)3/h6-9,14-17H,5,10-13H2,1-4H3,(H,28,31). The van der Waals surface area contributed by atoms with E-state index in [0.29, 0.717) is 49.8 Å². The van der Waals surface area contributed by atoms with Crippen molar-refractivity contribution in [1.29, 1.82) is 0 Å². The first-order valence-electron chi connectivity index (χ1n) is 11.5. The maximum atomic E-state index is 12.7. The summed E-state index contributed by atoms with van der Waals surface area (Å²) in [5, 5.41) is 2.85. The van der Waals surface area contributed by atoms with Crippen molar-refractivity contribution in [2.75, 3.05) is 44.8 Å². The van der Waals surface area contributed by atoms with E-state index in [1.165, 1.54) is 0 Å². The number of nitrogens with one attached hydrogen (secondary N) is 1. The maximum Gasteiger partial charge on any atom is 0.265 e. The van der Waals surface area contributed by atoms with Gasteiger partial charge >= 0.3 is 0 Å². The van der Waals surface area contributed by atoms with Crippen molar-refractivity contribution in [3.63, 3.8) is 0 Å². The van der Waals surface area contributed by atoms with Gasteiger partial charge in [0.15, 0.2) is 11.5 Å². The molecule has 0 saturated carbocycles. The number of fused-ring (bicyclic) bond motifs is 1. The summed E-state index contributed by atoms with van der Waals surface area (Å²) in [6.45, 7) is 9.18. The van der Waals surface area contributed by atoms with Crippen LogP contribution in [0.3, 0.4) is 0 Å². The zero-order valence-corrected chi connectivity index (χ0v) is 20.1. The highest BCUT2D eigenvalue weighted by molar-refractivity contribution is 5.94. The van der Waals surface area contributed by atoms with Crippen molar-refractivity contribution in [2.45, 2.75) is 26.9 Å². The number of hydrazine groups is 1. The smallest absolute Gasteiger partial charge is 0.265 e. The molecule has 1 aliphatic rings. The first-order valence-corrected chi connectivity index (χ1v) is 11.5. The molecule has 9 nitrogen and oxygen atoms in total. The van der Waals surface area contributed by atoms with Gasteiger partial charge < -0.3 is 19.1 Å². The molecule has 0 aliphatic carbocycles. The Morgan fingerprint density at radius 3 is 2.44 bits per heavy atom. The number of benzene rings is 2. The van der Waals surface area contributed by atoms with Crippen LogP contribution in [-0.2, 0) is 0 Å². The molecule has 0 radical (unpaired) electrons. The van der Waals surface area contributed by atoms with Gasteiger partial charge in [-0.3, -0.25) is 10.2 Å². The van der Waals surface area contributed by atoms with E-state index >= 15 is 0 Å². The lowest BCUT2D eigenvalue weighted by molar-refractivity contribution is 0.0777. The summed E-state index contributed by atoms with van der Waals surface area (Å²) >= 11 is 0. The fourth-order valence-electron chi connectivity index (χ4n) is 3.93. The van der Waals surface area contributed by atoms with Crippen molar-refractivity contribution < 1.29 is 19.0 Å². The van der Waals surface area contributed by atoms with Gasteiger partial charge in [-0.25, -0.2) is 15.0 Å². The number of ether oxygens (including phenoxy) is 3. The summed E-state index contributed by atoms with van der Waals surface area (Å²) in [4.78, 5) is 23.8. The molecule has 0 unspecified atom stereocenters. The number of piperazine rings is 1. The van der Waals surface area contributed by atoms with E-state index in [-0.39, 0.29) is 12.0 Å². The van der Waals surface area contributed by atoms with Gasteiger partial charge in [-0.05, 0) is 51.1 Å². The van der Waals surface area contributed by atoms with Gasteiger partial charge in [0.1, 0.15) is 17.9 Å². The Kier molecular flexibility index (Phi) is 7.32. The Bertz CT molecular complexity index is 1130. The van der Waals surface area contributed by atoms with Crippen LogP contribution in [0.1, 0.15) is 31.1 Å². The van der Waals surface area contributed by atoms with Crippen molar-refractivity contribution >= 4 is 22.6 Å². The number of anilines is 1. The molecule has 2 aromatic carbocycles. The molecule has 34 heavy (non-hydrogen) atoms. The number of carbonyl (C=O) groups is 1. The number of methoxy groups -OCH3 is 1. The van der Waals surface area contributed by atoms with E-state index in [4.69, 9.17) is 14.2 Å². The lowest BCUT2D eigenvalue weighted by Gasteiger charge is -2.35. The fourth-order valence-corrected chi connectivity index (χ4v) is 3.93. The SMILES string of the molecule is CCOc1cc2ncnc(N3CCN(NC(=O)c4ccc(OC(C)C)cc4)CC3)c2cc1OC. The van der Waals surface area contributed by atoms with E-state index in [9.17, 15) is 4.79 Å². The zero-order valence-electron chi connectivity index (χ0n) is 20.1. The monoisotopic (exact) mass is 465 g/mol. The topological polar surface area (TPSA) is 89.1 Å². The van der Waals surface area contributed by atoms with Gasteiger partial charge in [-0.1, -0.05) is 0 Å². The minimum atomic E-state index is -0.134. The molecule has 1 fully saturated rings. The Balaban J connectivity index is 1.41. The van der Waals surface area contributed by atoms with Gasteiger partial charge in [-0.15, -0.1) is 0 Å². The maximum absolute atomic E-state index is 12.7. The molecule has 1 N–H and O–H groups in total. The molecule has 2 heterocycles. The van der Waals surface area contributed by atoms with Crippen LogP contribution in [0, 0.1) is 0 Å². The number of hydrogen-bond donors (Lipinski definition) is 1. The molecule has 0 spiro atoms. The van der Waals surface area contributed by atoms with Crippen LogP contribution in [0.4, 0.5) is 5.82 Å². The summed E-state index contributed by atoms with van der Waals surface area (Å²) in [5.41, 5.74) is 4.40. The van der Waals surface area contributed by atoms with Crippen molar-refractivity contribution in [3.8, 4) is 17.2 Å². The number of amides is 1. The highest BCUT2D eigenvalue weighted by Crippen LogP contribution is 2.35. The van der Waals surface area contributed by atoms with E-state index in [1.54, 1.807) is 25.6 Å². The molecule has 9 heteroatoms. The zero-order chi connectivity index (χ0) is 24.1. The van der Waals surface area contributed by atoms with E-state index in [0.717, 1.165) is 22.5 Å². The first-order chi connectivity index (χ1) is 16.5. The summed E-state index contributed by atoms with van der Waals surface area (Å²) in [6, 6.07) is 11.0. The van der Waals surface area contributed by atoms with Crippen molar-refractivity contribution in [2.24, 2.45) is 0 Å². The number of nitrogens with zero attached hydrogens (tertiary/aromatic N) is 4. The van der Waals surface area contributed by atoms with Crippen LogP contribution in [0.5, 0.6) is 17.2 Å². The lowest BCUT2D eigenvalue weighted by atomic mass is 10.2. The number of aromatic nitrogens is 2. The minimum absolute atomic E-state index is 0.0933. The summed E-state index contributed by atoms with van der Waals surface area (Å²) in [5.74, 6) is 2.78. The second-order valence-electron chi connectivity index (χ2n) is 8.26. The number of carbonyl (C=O) groups excluding carboxylic acids is 1. The highest BCUT2D eigenvalue weighted by Gasteiger charge is 2.22. The second kappa shape index (κ2) is 10.6.